The van der Waals surface area contributed by atoms with Crippen LogP contribution in [0.15, 0.2) is 24.4 Å². The molecule has 12 nitrogen and oxygen atoms in total. The Balaban J connectivity index is 1.33. The zero-order valence-corrected chi connectivity index (χ0v) is 19.9. The lowest BCUT2D eigenvalue weighted by atomic mass is 10.0. The molecule has 2 atom stereocenters. The number of amides is 2. The molecule has 12 heteroatoms. The number of hydrogen-bond acceptors (Lipinski definition) is 10. The minimum atomic E-state index is -0.662. The average molecular weight is 485 g/mol. The molecule has 3 aliphatic heterocycles. The summed E-state index contributed by atoms with van der Waals surface area (Å²) in [6.45, 7) is 5.92. The number of nitrogens with zero attached hydrogens (tertiary/aromatic N) is 5. The van der Waals surface area contributed by atoms with Gasteiger partial charge in [-0.3, -0.25) is 10.2 Å². The Kier molecular flexibility index (Phi) is 6.15. The highest BCUT2D eigenvalue weighted by Gasteiger charge is 2.39. The van der Waals surface area contributed by atoms with Crippen molar-refractivity contribution in [2.24, 2.45) is 0 Å². The Hall–Kier alpha value is -3.51. The number of carbonyl (C=O) groups excluding carboxylic acids is 2. The van der Waals surface area contributed by atoms with Crippen molar-refractivity contribution in [2.75, 3.05) is 48.5 Å². The normalized spacial score (nSPS) is 22.4. The number of rotatable bonds is 5. The number of hydrogen-bond donors (Lipinski definition) is 1. The van der Waals surface area contributed by atoms with Crippen molar-refractivity contribution in [1.29, 1.82) is 0 Å². The third-order valence-corrected chi connectivity index (χ3v) is 6.11. The Morgan fingerprint density at radius 2 is 2.14 bits per heavy atom. The molecule has 186 valence electrons. The monoisotopic (exact) mass is 484 g/mol. The summed E-state index contributed by atoms with van der Waals surface area (Å²) in [5, 5.41) is 2.84. The van der Waals surface area contributed by atoms with Crippen molar-refractivity contribution in [3.05, 3.63) is 30.2 Å². The van der Waals surface area contributed by atoms with E-state index in [9.17, 15) is 9.59 Å². The zero-order valence-electron chi connectivity index (χ0n) is 19.9. The standard InChI is InChI=1S/C23H28N6O6/c1-23(2)34-13-15(35-23)12-33-18-8-4-7-17(25-18)26-22(31)29-14-6-5-9-28(11-14)16-10-24-19(21(30)32-3)27-20(16)29/h4,7-8,10,14-15H,5-6,9,11-13H2,1-3H3,(H,25,26,31)/t14-,15+/m0/s1. The minimum absolute atomic E-state index is 0.0972. The van der Waals surface area contributed by atoms with E-state index >= 15 is 0 Å². The van der Waals surface area contributed by atoms with Gasteiger partial charge in [-0.15, -0.1) is 0 Å². The quantitative estimate of drug-likeness (QED) is 0.631. The van der Waals surface area contributed by atoms with Gasteiger partial charge in [0.25, 0.3) is 0 Å². The number of nitrogens with one attached hydrogen (secondary N) is 1. The van der Waals surface area contributed by atoms with Gasteiger partial charge in [0.2, 0.25) is 11.7 Å². The van der Waals surface area contributed by atoms with Crippen LogP contribution in [0.5, 0.6) is 5.88 Å². The molecule has 2 aromatic rings. The smallest absolute Gasteiger partial charge is 0.376 e. The molecule has 0 aliphatic carbocycles. The maximum atomic E-state index is 13.4. The van der Waals surface area contributed by atoms with Gasteiger partial charge >= 0.3 is 12.0 Å². The van der Waals surface area contributed by atoms with Gasteiger partial charge in [-0.2, -0.15) is 4.98 Å². The van der Waals surface area contributed by atoms with Crippen LogP contribution in [0.1, 0.15) is 37.3 Å². The number of urea groups is 1. The first-order valence-corrected chi connectivity index (χ1v) is 11.5. The molecule has 0 aromatic carbocycles. The van der Waals surface area contributed by atoms with E-state index in [-0.39, 0.29) is 24.6 Å². The highest BCUT2D eigenvalue weighted by atomic mass is 16.7. The van der Waals surface area contributed by atoms with Gasteiger partial charge in [-0.1, -0.05) is 6.07 Å². The molecule has 5 heterocycles. The largest absolute Gasteiger partial charge is 0.475 e. The molecule has 2 aromatic heterocycles. The second kappa shape index (κ2) is 9.27. The summed E-state index contributed by atoms with van der Waals surface area (Å²) in [5.74, 6) is -0.325. The molecule has 0 spiro atoms. The number of anilines is 3. The van der Waals surface area contributed by atoms with Crippen molar-refractivity contribution in [1.82, 2.24) is 15.0 Å². The fourth-order valence-corrected chi connectivity index (χ4v) is 4.53. The summed E-state index contributed by atoms with van der Waals surface area (Å²) < 4.78 is 21.8. The summed E-state index contributed by atoms with van der Waals surface area (Å²) in [7, 11) is 1.27. The zero-order chi connectivity index (χ0) is 24.6. The first kappa shape index (κ1) is 23.2. The van der Waals surface area contributed by atoms with Gasteiger partial charge in [0, 0.05) is 19.2 Å². The lowest BCUT2D eigenvalue weighted by molar-refractivity contribution is -0.141. The second-order valence-electron chi connectivity index (χ2n) is 9.06. The molecule has 2 fully saturated rings. The number of carbonyl (C=O) groups is 2. The number of ether oxygens (including phenoxy) is 4. The van der Waals surface area contributed by atoms with Gasteiger partial charge in [0.15, 0.2) is 11.6 Å². The SMILES string of the molecule is COC(=O)c1ncc2c(n1)N(C(=O)Nc1cccc(OC[C@@H]3COC(C)(C)O3)n1)[C@H]1CCCN2C1. The van der Waals surface area contributed by atoms with E-state index in [0.29, 0.717) is 36.4 Å². The van der Waals surface area contributed by atoms with Crippen LogP contribution in [0.4, 0.5) is 22.1 Å². The molecular weight excluding hydrogens is 456 g/mol. The van der Waals surface area contributed by atoms with Crippen LogP contribution in [0.3, 0.4) is 0 Å². The van der Waals surface area contributed by atoms with Crippen molar-refractivity contribution < 1.29 is 28.5 Å². The van der Waals surface area contributed by atoms with E-state index in [1.54, 1.807) is 29.3 Å². The van der Waals surface area contributed by atoms with Crippen LogP contribution in [0.2, 0.25) is 0 Å². The summed E-state index contributed by atoms with van der Waals surface area (Å²) in [4.78, 5) is 42.1. The van der Waals surface area contributed by atoms with Crippen LogP contribution in [-0.2, 0) is 14.2 Å². The second-order valence-corrected chi connectivity index (χ2v) is 9.06. The van der Waals surface area contributed by atoms with Crippen LogP contribution in [0.25, 0.3) is 0 Å². The Morgan fingerprint density at radius 1 is 1.29 bits per heavy atom. The Morgan fingerprint density at radius 3 is 2.91 bits per heavy atom. The van der Waals surface area contributed by atoms with Gasteiger partial charge in [-0.25, -0.2) is 19.6 Å². The van der Waals surface area contributed by atoms with E-state index in [4.69, 9.17) is 18.9 Å². The molecule has 2 bridgehead atoms. The van der Waals surface area contributed by atoms with E-state index in [2.05, 4.69) is 25.2 Å². The summed E-state index contributed by atoms with van der Waals surface area (Å²) in [6, 6.07) is 4.64. The third-order valence-electron chi connectivity index (χ3n) is 6.11. The first-order valence-electron chi connectivity index (χ1n) is 11.5. The van der Waals surface area contributed by atoms with E-state index in [1.807, 2.05) is 13.8 Å². The Labute approximate surface area is 202 Å². The van der Waals surface area contributed by atoms with Crippen LogP contribution in [-0.4, -0.2) is 78.3 Å². The maximum absolute atomic E-state index is 13.4. The Bertz CT molecular complexity index is 1130. The fourth-order valence-electron chi connectivity index (χ4n) is 4.53. The number of fused-ring (bicyclic) bond motifs is 4. The predicted molar refractivity (Wildman–Crippen MR) is 125 cm³/mol. The third kappa shape index (κ3) is 4.84. The highest BCUT2D eigenvalue weighted by molar-refractivity contribution is 6.04. The van der Waals surface area contributed by atoms with Crippen LogP contribution in [0, 0.1) is 0 Å². The van der Waals surface area contributed by atoms with E-state index < -0.39 is 17.8 Å². The summed E-state index contributed by atoms with van der Waals surface area (Å²) in [6.07, 6.45) is 3.11. The minimum Gasteiger partial charge on any atom is -0.475 e. The molecular formula is C23H28N6O6. The van der Waals surface area contributed by atoms with Gasteiger partial charge in [0.1, 0.15) is 18.5 Å². The molecule has 0 unspecified atom stereocenters. The number of piperidine rings is 1. The van der Waals surface area contributed by atoms with Gasteiger partial charge in [0.05, 0.1) is 31.6 Å². The van der Waals surface area contributed by atoms with Crippen molar-refractivity contribution in [2.45, 2.75) is 44.6 Å². The molecule has 3 aliphatic rings. The summed E-state index contributed by atoms with van der Waals surface area (Å²) in [5.41, 5.74) is 0.704. The van der Waals surface area contributed by atoms with Crippen molar-refractivity contribution >= 4 is 29.3 Å². The molecule has 5 rings (SSSR count). The van der Waals surface area contributed by atoms with E-state index in [1.165, 1.54) is 7.11 Å². The number of pyridine rings is 1. The summed E-state index contributed by atoms with van der Waals surface area (Å²) >= 11 is 0. The lowest BCUT2D eigenvalue weighted by Crippen LogP contribution is -2.56. The molecule has 2 saturated heterocycles. The van der Waals surface area contributed by atoms with Crippen molar-refractivity contribution in [3.63, 3.8) is 0 Å². The fraction of sp³-hybridized carbons (Fsp3) is 0.522. The first-order chi connectivity index (χ1) is 16.8. The maximum Gasteiger partial charge on any atom is 0.376 e. The van der Waals surface area contributed by atoms with Crippen LogP contribution >= 0.6 is 0 Å². The van der Waals surface area contributed by atoms with Crippen molar-refractivity contribution in [3.8, 4) is 5.88 Å². The molecule has 35 heavy (non-hydrogen) atoms. The number of esters is 1. The highest BCUT2D eigenvalue weighted by Crippen LogP contribution is 2.37. The predicted octanol–water partition coefficient (Wildman–Crippen LogP) is 2.21. The number of methoxy groups -OCH3 is 1. The van der Waals surface area contributed by atoms with Crippen LogP contribution < -0.4 is 19.9 Å². The molecule has 2 amide bonds. The van der Waals surface area contributed by atoms with Gasteiger partial charge in [-0.05, 0) is 32.8 Å². The average Bonchev–Trinajstić information content (AvgIpc) is 3.21. The number of aromatic nitrogens is 3. The topological polar surface area (TPSA) is 128 Å². The molecule has 1 N–H and O–H groups in total. The molecule has 0 saturated carbocycles. The lowest BCUT2D eigenvalue weighted by Gasteiger charge is -2.45. The van der Waals surface area contributed by atoms with E-state index in [0.717, 1.165) is 19.4 Å². The van der Waals surface area contributed by atoms with Gasteiger partial charge < -0.3 is 23.8 Å². The molecule has 0 radical (unpaired) electrons.